The Morgan fingerprint density at radius 2 is 1.11 bits per heavy atom. The van der Waals surface area contributed by atoms with Crippen LogP contribution in [-0.2, 0) is 0 Å². The Hall–Kier alpha value is -3.18. The molecule has 35 heavy (non-hydrogen) atoms. The van der Waals surface area contributed by atoms with Gasteiger partial charge in [-0.3, -0.25) is 0 Å². The van der Waals surface area contributed by atoms with Gasteiger partial charge in [-0.15, -0.1) is 0 Å². The minimum Gasteiger partial charge on any atom is -0.0837 e. The molecule has 2 unspecified atom stereocenters. The zero-order chi connectivity index (χ0) is 24.0. The third-order valence-electron chi connectivity index (χ3n) is 7.40. The lowest BCUT2D eigenvalue weighted by atomic mass is 9.71. The van der Waals surface area contributed by atoms with Crippen LogP contribution in [0.5, 0.6) is 0 Å². The van der Waals surface area contributed by atoms with Gasteiger partial charge in [-0.2, -0.15) is 0 Å². The van der Waals surface area contributed by atoms with E-state index in [0.717, 1.165) is 10.6 Å². The molecule has 0 radical (unpaired) electrons. The molecule has 2 aliphatic heterocycles. The van der Waals surface area contributed by atoms with E-state index in [1.807, 2.05) is 12.1 Å². The number of hydrogen-bond acceptors (Lipinski definition) is 0. The van der Waals surface area contributed by atoms with Crippen molar-refractivity contribution < 1.29 is 0 Å². The van der Waals surface area contributed by atoms with E-state index in [2.05, 4.69) is 123 Å². The fraction of sp³-hybridized carbons (Fsp3) is 0.0909. The summed E-state index contributed by atoms with van der Waals surface area (Å²) in [5.41, 5.74) is 7.71. The molecule has 0 fully saturated rings. The number of halogens is 1. The van der Waals surface area contributed by atoms with Gasteiger partial charge in [0.05, 0.1) is 0 Å². The molecular formula is C33H26ClP. The summed E-state index contributed by atoms with van der Waals surface area (Å²) in [5, 5.41) is 5.22. The Labute approximate surface area is 214 Å². The van der Waals surface area contributed by atoms with Crippen molar-refractivity contribution in [3.05, 3.63) is 153 Å². The second-order valence-corrected chi connectivity index (χ2v) is 11.8. The topological polar surface area (TPSA) is 0 Å². The van der Waals surface area contributed by atoms with E-state index in [1.54, 1.807) is 0 Å². The quantitative estimate of drug-likeness (QED) is 0.250. The molecular weight excluding hydrogens is 463 g/mol. The van der Waals surface area contributed by atoms with Crippen LogP contribution in [0.15, 0.2) is 126 Å². The molecule has 2 atom stereocenters. The Bertz CT molecular complexity index is 1500. The first kappa shape index (κ1) is 22.3. The maximum absolute atomic E-state index is 6.70. The fourth-order valence-corrected chi connectivity index (χ4v) is 9.47. The molecule has 0 aromatic heterocycles. The first-order valence-corrected chi connectivity index (χ1v) is 13.7. The summed E-state index contributed by atoms with van der Waals surface area (Å²) < 4.78 is 0. The highest BCUT2D eigenvalue weighted by atomic mass is 35.5. The van der Waals surface area contributed by atoms with Crippen molar-refractivity contribution in [3.8, 4) is 0 Å². The maximum atomic E-state index is 6.70. The molecule has 2 bridgehead atoms. The zero-order valence-electron chi connectivity index (χ0n) is 19.9. The molecule has 2 aliphatic rings. The molecule has 0 nitrogen and oxygen atoms in total. The lowest BCUT2D eigenvalue weighted by Gasteiger charge is -2.31. The summed E-state index contributed by atoms with van der Waals surface area (Å²) in [6, 6.07) is 41.1. The van der Waals surface area contributed by atoms with Crippen LogP contribution in [0.2, 0.25) is 5.02 Å². The second-order valence-electron chi connectivity index (χ2n) is 9.31. The van der Waals surface area contributed by atoms with Crippen LogP contribution in [0.3, 0.4) is 0 Å². The number of rotatable bonds is 4. The summed E-state index contributed by atoms with van der Waals surface area (Å²) in [7, 11) is -0.737. The molecule has 2 heteroatoms. The van der Waals surface area contributed by atoms with Gasteiger partial charge in [-0.25, -0.2) is 0 Å². The van der Waals surface area contributed by atoms with Crippen LogP contribution in [0.25, 0.3) is 22.3 Å². The first-order chi connectivity index (χ1) is 17.1. The van der Waals surface area contributed by atoms with E-state index >= 15 is 0 Å². The van der Waals surface area contributed by atoms with Crippen molar-refractivity contribution >= 4 is 41.8 Å². The van der Waals surface area contributed by atoms with Gasteiger partial charge in [0.2, 0.25) is 0 Å². The van der Waals surface area contributed by atoms with Crippen LogP contribution >= 0.6 is 19.5 Å². The molecule has 4 aromatic carbocycles. The molecule has 6 rings (SSSR count). The van der Waals surface area contributed by atoms with Crippen molar-refractivity contribution in [2.45, 2.75) is 13.8 Å². The third kappa shape index (κ3) is 3.48. The predicted molar refractivity (Wildman–Crippen MR) is 153 cm³/mol. The molecule has 4 aromatic rings. The lowest BCUT2D eigenvalue weighted by Crippen LogP contribution is -2.17. The Kier molecular flexibility index (Phi) is 5.60. The Morgan fingerprint density at radius 1 is 0.629 bits per heavy atom. The predicted octanol–water partition coefficient (Wildman–Crippen LogP) is 10.2. The van der Waals surface area contributed by atoms with E-state index < -0.39 is 7.92 Å². The van der Waals surface area contributed by atoms with Gasteiger partial charge >= 0.3 is 0 Å². The Balaban J connectivity index is 1.69. The highest BCUT2D eigenvalue weighted by molar-refractivity contribution is 7.83. The summed E-state index contributed by atoms with van der Waals surface area (Å²) in [6.07, 6.45) is 2.38. The van der Waals surface area contributed by atoms with Crippen LogP contribution < -0.4 is 0 Å². The Morgan fingerprint density at radius 3 is 1.69 bits per heavy atom. The number of fused-ring (bicyclic) bond motifs is 2. The van der Waals surface area contributed by atoms with Crippen molar-refractivity contribution in [1.82, 2.24) is 0 Å². The van der Waals surface area contributed by atoms with Crippen LogP contribution in [0.4, 0.5) is 0 Å². The van der Waals surface area contributed by atoms with Crippen molar-refractivity contribution in [2.75, 3.05) is 0 Å². The van der Waals surface area contributed by atoms with E-state index in [-0.39, 0.29) is 5.41 Å². The lowest BCUT2D eigenvalue weighted by molar-refractivity contribution is 0.693. The molecule has 0 N–H and O–H groups in total. The van der Waals surface area contributed by atoms with Gasteiger partial charge in [-0.1, -0.05) is 121 Å². The van der Waals surface area contributed by atoms with Crippen molar-refractivity contribution in [1.29, 1.82) is 0 Å². The number of hydrogen-bond donors (Lipinski definition) is 0. The number of allylic oxidation sites excluding steroid dienone is 3. The van der Waals surface area contributed by atoms with Gasteiger partial charge in [0.1, 0.15) is 0 Å². The summed E-state index contributed by atoms with van der Waals surface area (Å²) in [5.74, 6) is 0. The molecule has 0 aliphatic carbocycles. The van der Waals surface area contributed by atoms with E-state index in [9.17, 15) is 0 Å². The van der Waals surface area contributed by atoms with Crippen molar-refractivity contribution in [2.24, 2.45) is 5.41 Å². The summed E-state index contributed by atoms with van der Waals surface area (Å²) >= 11 is 6.70. The molecule has 2 heterocycles. The van der Waals surface area contributed by atoms with Gasteiger partial charge in [-0.05, 0) is 83.3 Å². The monoisotopic (exact) mass is 488 g/mol. The summed E-state index contributed by atoms with van der Waals surface area (Å²) in [4.78, 5) is 0. The standard InChI is InChI=1S/C33H26ClP/c1-23-31(25-16-8-4-9-17-25)35-29(22-27-20-12-13-21-28(27)34)33(23,2)30(24-14-6-3-7-15-24)32(35)26-18-10-5-11-19-26/h3-22H,1-2H3/b29-22+. The van der Waals surface area contributed by atoms with Gasteiger partial charge in [0.25, 0.3) is 0 Å². The normalized spacial score (nSPS) is 22.4. The van der Waals surface area contributed by atoms with Gasteiger partial charge in [0.15, 0.2) is 0 Å². The van der Waals surface area contributed by atoms with E-state index in [1.165, 1.54) is 43.8 Å². The molecule has 0 saturated carbocycles. The molecule has 0 amide bonds. The highest BCUT2D eigenvalue weighted by Gasteiger charge is 2.56. The molecule has 170 valence electrons. The third-order valence-corrected chi connectivity index (χ3v) is 10.8. The van der Waals surface area contributed by atoms with E-state index in [4.69, 9.17) is 11.6 Å². The molecule has 0 spiro atoms. The minimum absolute atomic E-state index is 0.206. The van der Waals surface area contributed by atoms with E-state index in [0.29, 0.717) is 0 Å². The van der Waals surface area contributed by atoms with Crippen LogP contribution in [0, 0.1) is 5.41 Å². The van der Waals surface area contributed by atoms with Crippen LogP contribution in [0.1, 0.15) is 36.1 Å². The average Bonchev–Trinajstić information content (AvgIpc) is 3.28. The smallest absolute Gasteiger partial charge is 0.0478 e. The largest absolute Gasteiger partial charge is 0.0837 e. The second kappa shape index (κ2) is 8.80. The SMILES string of the molecule is CC1=C(c2ccccc2)P2C(c3ccccc3)=C(c3ccccc3)C1(C)/C2=C\c1ccccc1Cl. The number of benzene rings is 4. The van der Waals surface area contributed by atoms with Gasteiger partial charge in [0, 0.05) is 10.4 Å². The minimum atomic E-state index is -0.737. The highest BCUT2D eigenvalue weighted by Crippen LogP contribution is 2.86. The van der Waals surface area contributed by atoms with Gasteiger partial charge < -0.3 is 0 Å². The average molecular weight is 489 g/mol. The maximum Gasteiger partial charge on any atom is 0.0478 e. The van der Waals surface area contributed by atoms with Crippen LogP contribution in [-0.4, -0.2) is 0 Å². The molecule has 0 saturated heterocycles. The summed E-state index contributed by atoms with van der Waals surface area (Å²) in [6.45, 7) is 4.77. The first-order valence-electron chi connectivity index (χ1n) is 12.0. The van der Waals surface area contributed by atoms with Crippen molar-refractivity contribution in [3.63, 3.8) is 0 Å². The fourth-order valence-electron chi connectivity index (χ4n) is 5.63. The zero-order valence-corrected chi connectivity index (χ0v) is 21.5.